The Balaban J connectivity index is 2.31. The molecule has 13 heteroatoms. The van der Waals surface area contributed by atoms with E-state index in [1.807, 2.05) is 38.1 Å². The third-order valence-electron chi connectivity index (χ3n) is 5.87. The predicted molar refractivity (Wildman–Crippen MR) is 138 cm³/mol. The summed E-state index contributed by atoms with van der Waals surface area (Å²) in [6, 6.07) is 1.99. The lowest BCUT2D eigenvalue weighted by Crippen LogP contribution is -2.60. The van der Waals surface area contributed by atoms with Gasteiger partial charge in [0.1, 0.15) is 18.1 Å². The topological polar surface area (TPSA) is 230 Å². The number of carbonyl (C=O) groups is 5. The fraction of sp³-hybridized carbons (Fsp3) is 0.480. The van der Waals surface area contributed by atoms with Crippen LogP contribution in [-0.4, -0.2) is 75.1 Å². The third-order valence-corrected chi connectivity index (χ3v) is 5.87. The van der Waals surface area contributed by atoms with E-state index < -0.39 is 66.3 Å². The number of aliphatic carboxylic acids is 1. The van der Waals surface area contributed by atoms with Gasteiger partial charge in [0.25, 0.3) is 0 Å². The van der Waals surface area contributed by atoms with Gasteiger partial charge in [-0.3, -0.25) is 19.2 Å². The van der Waals surface area contributed by atoms with Crippen LogP contribution in [0.3, 0.4) is 0 Å². The number of carboxylic acids is 1. The first-order valence-corrected chi connectivity index (χ1v) is 12.2. The number of aromatic nitrogens is 1. The number of H-pyrrole nitrogens is 1. The first-order chi connectivity index (χ1) is 17.8. The van der Waals surface area contributed by atoms with E-state index in [1.54, 1.807) is 6.20 Å². The van der Waals surface area contributed by atoms with Crippen molar-refractivity contribution in [1.82, 2.24) is 20.9 Å². The Labute approximate surface area is 219 Å². The van der Waals surface area contributed by atoms with Crippen LogP contribution < -0.4 is 27.4 Å². The number of rotatable bonds is 14. The van der Waals surface area contributed by atoms with Crippen LogP contribution >= 0.6 is 0 Å². The molecule has 0 saturated carbocycles. The van der Waals surface area contributed by atoms with Crippen molar-refractivity contribution in [2.24, 2.45) is 17.4 Å². The zero-order valence-corrected chi connectivity index (χ0v) is 21.6. The number of hydrogen-bond donors (Lipinski definition) is 8. The van der Waals surface area contributed by atoms with E-state index in [4.69, 9.17) is 11.5 Å². The average Bonchev–Trinajstić information content (AvgIpc) is 3.23. The summed E-state index contributed by atoms with van der Waals surface area (Å²) in [4.78, 5) is 64.7. The number of aromatic amines is 1. The molecule has 0 saturated heterocycles. The highest BCUT2D eigenvalue weighted by Crippen LogP contribution is 2.19. The summed E-state index contributed by atoms with van der Waals surface area (Å²) >= 11 is 0. The predicted octanol–water partition coefficient (Wildman–Crippen LogP) is -1.12. The molecule has 1 aromatic carbocycles. The molecule has 4 amide bonds. The zero-order chi connectivity index (χ0) is 28.6. The maximum atomic E-state index is 13.3. The quantitative estimate of drug-likeness (QED) is 0.148. The number of para-hydroxylation sites is 1. The second-order valence-corrected chi connectivity index (χ2v) is 9.66. The van der Waals surface area contributed by atoms with Crippen LogP contribution in [0.4, 0.5) is 0 Å². The number of carboxylic acid groups (broad SMARTS) is 1. The number of aliphatic hydroxyl groups is 1. The maximum Gasteiger partial charge on any atom is 0.326 e. The molecule has 0 aliphatic rings. The average molecular weight is 533 g/mol. The van der Waals surface area contributed by atoms with Crippen molar-refractivity contribution in [3.63, 3.8) is 0 Å². The van der Waals surface area contributed by atoms with Crippen LogP contribution in [0.15, 0.2) is 30.5 Å². The Morgan fingerprint density at radius 2 is 1.58 bits per heavy atom. The highest BCUT2D eigenvalue weighted by molar-refractivity contribution is 5.95. The zero-order valence-electron chi connectivity index (χ0n) is 21.6. The largest absolute Gasteiger partial charge is 0.480 e. The van der Waals surface area contributed by atoms with Gasteiger partial charge in [-0.05, 0) is 30.9 Å². The number of carbonyl (C=O) groups excluding carboxylic acids is 4. The first kappa shape index (κ1) is 30.3. The molecule has 0 aliphatic carbocycles. The molecule has 13 nitrogen and oxygen atoms in total. The standard InChI is InChI=1S/C25H36N6O7/c1-12(2)8-19(25(37)38)30-23(35)18(9-14-11-28-17-7-5-4-6-15(14)17)29-24(36)21(13(3)32)31-22(34)16(26)10-20(27)33/h4-7,11-13,16,18-19,21,28,32H,8-10,26H2,1-3H3,(H2,27,33)(H,29,36)(H,30,35)(H,31,34)(H,37,38). The second-order valence-electron chi connectivity index (χ2n) is 9.66. The van der Waals surface area contributed by atoms with E-state index >= 15 is 0 Å². The number of benzene rings is 1. The number of hydrogen-bond acceptors (Lipinski definition) is 7. The highest BCUT2D eigenvalue weighted by Gasteiger charge is 2.33. The summed E-state index contributed by atoms with van der Waals surface area (Å²) in [5, 5.41) is 27.8. The van der Waals surface area contributed by atoms with Crippen LogP contribution in [0.2, 0.25) is 0 Å². The molecule has 0 spiro atoms. The molecule has 10 N–H and O–H groups in total. The third kappa shape index (κ3) is 8.56. The van der Waals surface area contributed by atoms with Gasteiger partial charge in [-0.1, -0.05) is 32.0 Å². The Kier molecular flexibility index (Phi) is 10.8. The van der Waals surface area contributed by atoms with Crippen molar-refractivity contribution in [2.45, 2.75) is 70.3 Å². The van der Waals surface area contributed by atoms with Crippen LogP contribution in [0.5, 0.6) is 0 Å². The van der Waals surface area contributed by atoms with E-state index in [-0.39, 0.29) is 18.8 Å². The molecule has 0 fully saturated rings. The first-order valence-electron chi connectivity index (χ1n) is 12.2. The maximum absolute atomic E-state index is 13.3. The minimum absolute atomic E-state index is 0.0166. The van der Waals surface area contributed by atoms with Gasteiger partial charge in [-0.15, -0.1) is 0 Å². The number of amides is 4. The van der Waals surface area contributed by atoms with E-state index in [9.17, 15) is 34.2 Å². The van der Waals surface area contributed by atoms with Crippen molar-refractivity contribution in [3.05, 3.63) is 36.0 Å². The molecule has 5 atom stereocenters. The van der Waals surface area contributed by atoms with Crippen molar-refractivity contribution in [3.8, 4) is 0 Å². The van der Waals surface area contributed by atoms with Crippen molar-refractivity contribution in [2.75, 3.05) is 0 Å². The minimum Gasteiger partial charge on any atom is -0.480 e. The SMILES string of the molecule is CC(C)CC(NC(=O)C(Cc1c[nH]c2ccccc12)NC(=O)C(NC(=O)C(N)CC(N)=O)C(C)O)C(=O)O. The summed E-state index contributed by atoms with van der Waals surface area (Å²) < 4.78 is 0. The summed E-state index contributed by atoms with van der Waals surface area (Å²) in [6.45, 7) is 4.88. The van der Waals surface area contributed by atoms with Gasteiger partial charge in [0.2, 0.25) is 23.6 Å². The number of nitrogens with two attached hydrogens (primary N) is 2. The Morgan fingerprint density at radius 3 is 2.16 bits per heavy atom. The Hall–Kier alpha value is -3.97. The minimum atomic E-state index is -1.52. The summed E-state index contributed by atoms with van der Waals surface area (Å²) in [7, 11) is 0. The molecule has 1 aromatic heterocycles. The highest BCUT2D eigenvalue weighted by atomic mass is 16.4. The fourth-order valence-corrected chi connectivity index (χ4v) is 3.93. The van der Waals surface area contributed by atoms with Crippen molar-refractivity contribution < 1.29 is 34.2 Å². The molecule has 2 aromatic rings. The monoisotopic (exact) mass is 532 g/mol. The molecule has 38 heavy (non-hydrogen) atoms. The molecular formula is C25H36N6O7. The Bertz CT molecular complexity index is 1160. The van der Waals surface area contributed by atoms with Crippen molar-refractivity contribution >= 4 is 40.5 Å². The van der Waals surface area contributed by atoms with E-state index in [1.165, 1.54) is 6.92 Å². The van der Waals surface area contributed by atoms with Crippen LogP contribution in [0, 0.1) is 5.92 Å². The van der Waals surface area contributed by atoms with E-state index in [0.717, 1.165) is 10.9 Å². The van der Waals surface area contributed by atoms with Gasteiger partial charge >= 0.3 is 5.97 Å². The molecular weight excluding hydrogens is 496 g/mol. The molecule has 208 valence electrons. The Morgan fingerprint density at radius 1 is 0.947 bits per heavy atom. The normalized spacial score (nSPS) is 15.2. The van der Waals surface area contributed by atoms with Crippen molar-refractivity contribution in [1.29, 1.82) is 0 Å². The molecule has 5 unspecified atom stereocenters. The van der Waals surface area contributed by atoms with E-state index in [0.29, 0.717) is 5.56 Å². The second kappa shape index (κ2) is 13.5. The number of nitrogens with one attached hydrogen (secondary N) is 4. The van der Waals surface area contributed by atoms with Gasteiger partial charge in [-0.25, -0.2) is 4.79 Å². The number of fused-ring (bicyclic) bond motifs is 1. The molecule has 0 radical (unpaired) electrons. The number of primary amides is 1. The van der Waals surface area contributed by atoms with Gasteiger partial charge < -0.3 is 42.6 Å². The van der Waals surface area contributed by atoms with Crippen LogP contribution in [0.25, 0.3) is 10.9 Å². The van der Waals surface area contributed by atoms with Crippen LogP contribution in [0.1, 0.15) is 39.2 Å². The van der Waals surface area contributed by atoms with E-state index in [2.05, 4.69) is 20.9 Å². The summed E-state index contributed by atoms with van der Waals surface area (Å²) in [5.74, 6) is -4.63. The summed E-state index contributed by atoms with van der Waals surface area (Å²) in [5.41, 5.74) is 12.2. The molecule has 0 bridgehead atoms. The molecule has 1 heterocycles. The van der Waals surface area contributed by atoms with Gasteiger partial charge in [0.05, 0.1) is 18.6 Å². The van der Waals surface area contributed by atoms with Gasteiger partial charge in [0.15, 0.2) is 0 Å². The lowest BCUT2D eigenvalue weighted by molar-refractivity contribution is -0.143. The molecule has 0 aliphatic heterocycles. The lowest BCUT2D eigenvalue weighted by Gasteiger charge is -2.26. The van der Waals surface area contributed by atoms with Gasteiger partial charge in [-0.2, -0.15) is 0 Å². The fourth-order valence-electron chi connectivity index (χ4n) is 3.93. The number of aliphatic hydroxyl groups excluding tert-OH is 1. The van der Waals surface area contributed by atoms with Crippen LogP contribution in [-0.2, 0) is 30.4 Å². The smallest absolute Gasteiger partial charge is 0.326 e. The van der Waals surface area contributed by atoms with Gasteiger partial charge in [0, 0.05) is 23.5 Å². The summed E-state index contributed by atoms with van der Waals surface area (Å²) in [6.07, 6.45) is -0.0468. The lowest BCUT2D eigenvalue weighted by atomic mass is 10.0. The molecule has 2 rings (SSSR count).